The molecule has 4 aromatic carbocycles. The Labute approximate surface area is 159 Å². The second kappa shape index (κ2) is 6.33. The Balaban J connectivity index is 1.64. The Morgan fingerprint density at radius 3 is 2.07 bits per heavy atom. The fourth-order valence-electron chi connectivity index (χ4n) is 3.63. The first-order valence-electron chi connectivity index (χ1n) is 9.13. The monoisotopic (exact) mass is 349 g/mol. The van der Waals surface area contributed by atoms with E-state index in [2.05, 4.69) is 84.6 Å². The minimum atomic E-state index is 0.881. The molecule has 0 saturated heterocycles. The van der Waals surface area contributed by atoms with Crippen molar-refractivity contribution < 1.29 is 4.74 Å². The fraction of sp³-hybridized carbons (Fsp3) is 0.0400. The number of benzene rings is 4. The molecule has 130 valence electrons. The molecule has 0 amide bonds. The molecule has 0 saturated carbocycles. The van der Waals surface area contributed by atoms with Crippen molar-refractivity contribution in [2.75, 3.05) is 4.90 Å². The summed E-state index contributed by atoms with van der Waals surface area (Å²) in [5.74, 6) is 1.80. The molecule has 0 atom stereocenters. The number of aryl methyl sites for hydroxylation is 1. The first-order valence-corrected chi connectivity index (χ1v) is 9.13. The van der Waals surface area contributed by atoms with Gasteiger partial charge in [0.05, 0.1) is 11.4 Å². The van der Waals surface area contributed by atoms with Crippen LogP contribution in [0.2, 0.25) is 0 Å². The van der Waals surface area contributed by atoms with E-state index in [-0.39, 0.29) is 0 Å². The van der Waals surface area contributed by atoms with Crippen LogP contribution in [0.25, 0.3) is 11.1 Å². The maximum atomic E-state index is 6.21. The summed E-state index contributed by atoms with van der Waals surface area (Å²) in [7, 11) is 0. The first kappa shape index (κ1) is 15.7. The Kier molecular flexibility index (Phi) is 3.68. The number of rotatable bonds is 2. The first-order chi connectivity index (χ1) is 13.3. The Morgan fingerprint density at radius 1 is 0.593 bits per heavy atom. The third kappa shape index (κ3) is 2.67. The van der Waals surface area contributed by atoms with Gasteiger partial charge in [0, 0.05) is 5.69 Å². The minimum Gasteiger partial charge on any atom is -0.453 e. The van der Waals surface area contributed by atoms with E-state index in [1.165, 1.54) is 11.1 Å². The van der Waals surface area contributed by atoms with Gasteiger partial charge in [0.1, 0.15) is 0 Å². The zero-order valence-electron chi connectivity index (χ0n) is 15.1. The van der Waals surface area contributed by atoms with Gasteiger partial charge in [0.2, 0.25) is 0 Å². The molecule has 5 rings (SSSR count). The van der Waals surface area contributed by atoms with Crippen LogP contribution in [-0.4, -0.2) is 0 Å². The van der Waals surface area contributed by atoms with Crippen LogP contribution in [0.5, 0.6) is 11.5 Å². The summed E-state index contributed by atoms with van der Waals surface area (Å²) in [5.41, 5.74) is 6.82. The average molecular weight is 349 g/mol. The van der Waals surface area contributed by atoms with E-state index in [4.69, 9.17) is 4.74 Å². The molecular weight excluding hydrogens is 330 g/mol. The van der Waals surface area contributed by atoms with Crippen molar-refractivity contribution in [1.82, 2.24) is 0 Å². The smallest absolute Gasteiger partial charge is 0.154 e. The third-order valence-corrected chi connectivity index (χ3v) is 4.98. The molecule has 27 heavy (non-hydrogen) atoms. The molecule has 0 N–H and O–H groups in total. The van der Waals surface area contributed by atoms with Gasteiger partial charge < -0.3 is 9.64 Å². The molecule has 0 radical (unpaired) electrons. The molecule has 1 heterocycles. The van der Waals surface area contributed by atoms with E-state index in [9.17, 15) is 0 Å². The predicted molar refractivity (Wildman–Crippen MR) is 111 cm³/mol. The van der Waals surface area contributed by atoms with Gasteiger partial charge >= 0.3 is 0 Å². The SMILES string of the molecule is Cc1cccc2c1Oc1ccccc1N2c1ccc(-c2ccccc2)cc1. The van der Waals surface area contributed by atoms with E-state index in [0.717, 1.165) is 34.1 Å². The van der Waals surface area contributed by atoms with E-state index in [1.807, 2.05) is 24.3 Å². The van der Waals surface area contributed by atoms with Crippen LogP contribution >= 0.6 is 0 Å². The number of ether oxygens (including phenoxy) is 1. The minimum absolute atomic E-state index is 0.881. The molecule has 0 unspecified atom stereocenters. The number of hydrogen-bond acceptors (Lipinski definition) is 2. The maximum Gasteiger partial charge on any atom is 0.154 e. The highest BCUT2D eigenvalue weighted by molar-refractivity contribution is 5.87. The van der Waals surface area contributed by atoms with Crippen LogP contribution in [0.15, 0.2) is 97.1 Å². The molecule has 2 nitrogen and oxygen atoms in total. The Bertz CT molecular complexity index is 1100. The lowest BCUT2D eigenvalue weighted by Crippen LogP contribution is -2.16. The van der Waals surface area contributed by atoms with Gasteiger partial charge in [0.15, 0.2) is 11.5 Å². The van der Waals surface area contributed by atoms with Gasteiger partial charge in [-0.15, -0.1) is 0 Å². The molecule has 0 aromatic heterocycles. The van der Waals surface area contributed by atoms with Crippen molar-refractivity contribution >= 4 is 17.1 Å². The molecule has 0 bridgehead atoms. The predicted octanol–water partition coefficient (Wildman–Crippen LogP) is 7.24. The molecule has 1 aliphatic rings. The number of hydrogen-bond donors (Lipinski definition) is 0. The Hall–Kier alpha value is -3.52. The standard InChI is InChI=1S/C25H19NO/c1-18-8-7-12-23-25(18)27-24-13-6-5-11-22(24)26(23)21-16-14-20(15-17-21)19-9-3-2-4-10-19/h2-17H,1H3. The number of fused-ring (bicyclic) bond motifs is 2. The number of para-hydroxylation sites is 3. The topological polar surface area (TPSA) is 12.5 Å². The lowest BCUT2D eigenvalue weighted by atomic mass is 10.0. The van der Waals surface area contributed by atoms with Crippen LogP contribution in [0.3, 0.4) is 0 Å². The van der Waals surface area contributed by atoms with Gasteiger partial charge in [0.25, 0.3) is 0 Å². The van der Waals surface area contributed by atoms with Crippen molar-refractivity contribution in [3.8, 4) is 22.6 Å². The van der Waals surface area contributed by atoms with Crippen LogP contribution in [0.1, 0.15) is 5.56 Å². The molecule has 0 fully saturated rings. The van der Waals surface area contributed by atoms with Crippen LogP contribution in [0.4, 0.5) is 17.1 Å². The van der Waals surface area contributed by atoms with Gasteiger partial charge in [-0.3, -0.25) is 0 Å². The van der Waals surface area contributed by atoms with Crippen molar-refractivity contribution in [1.29, 1.82) is 0 Å². The zero-order valence-corrected chi connectivity index (χ0v) is 15.1. The normalized spacial score (nSPS) is 12.1. The molecule has 1 aliphatic heterocycles. The van der Waals surface area contributed by atoms with E-state index >= 15 is 0 Å². The Morgan fingerprint density at radius 2 is 1.26 bits per heavy atom. The second-order valence-corrected chi connectivity index (χ2v) is 6.74. The van der Waals surface area contributed by atoms with Gasteiger partial charge in [-0.2, -0.15) is 0 Å². The van der Waals surface area contributed by atoms with Crippen LogP contribution in [0, 0.1) is 6.92 Å². The van der Waals surface area contributed by atoms with Gasteiger partial charge in [-0.1, -0.05) is 66.7 Å². The van der Waals surface area contributed by atoms with Crippen molar-refractivity contribution in [2.24, 2.45) is 0 Å². The molecular formula is C25H19NO. The second-order valence-electron chi connectivity index (χ2n) is 6.74. The van der Waals surface area contributed by atoms with Crippen molar-refractivity contribution in [2.45, 2.75) is 6.92 Å². The summed E-state index contributed by atoms with van der Waals surface area (Å²) in [6.07, 6.45) is 0. The maximum absolute atomic E-state index is 6.21. The largest absolute Gasteiger partial charge is 0.453 e. The third-order valence-electron chi connectivity index (χ3n) is 4.98. The van der Waals surface area contributed by atoms with Gasteiger partial charge in [-0.05, 0) is 53.9 Å². The number of nitrogens with zero attached hydrogens (tertiary/aromatic N) is 1. The van der Waals surface area contributed by atoms with E-state index in [0.29, 0.717) is 0 Å². The van der Waals surface area contributed by atoms with Crippen LogP contribution < -0.4 is 9.64 Å². The lowest BCUT2D eigenvalue weighted by molar-refractivity contribution is 0.473. The average Bonchev–Trinajstić information content (AvgIpc) is 2.73. The summed E-state index contributed by atoms with van der Waals surface area (Å²) >= 11 is 0. The highest BCUT2D eigenvalue weighted by Gasteiger charge is 2.26. The quantitative estimate of drug-likeness (QED) is 0.333. The van der Waals surface area contributed by atoms with Crippen molar-refractivity contribution in [3.05, 3.63) is 103 Å². The molecule has 0 spiro atoms. The fourth-order valence-corrected chi connectivity index (χ4v) is 3.63. The summed E-state index contributed by atoms with van der Waals surface area (Å²) in [4.78, 5) is 2.27. The number of anilines is 3. The summed E-state index contributed by atoms with van der Waals surface area (Å²) in [6.45, 7) is 2.09. The summed E-state index contributed by atoms with van der Waals surface area (Å²) < 4.78 is 6.21. The lowest BCUT2D eigenvalue weighted by Gasteiger charge is -2.33. The van der Waals surface area contributed by atoms with Crippen LogP contribution in [-0.2, 0) is 0 Å². The summed E-state index contributed by atoms with van der Waals surface area (Å²) in [5, 5.41) is 0. The van der Waals surface area contributed by atoms with E-state index < -0.39 is 0 Å². The summed E-state index contributed by atoms with van der Waals surface area (Å²) in [6, 6.07) is 33.6. The zero-order chi connectivity index (χ0) is 18.2. The molecule has 2 heteroatoms. The van der Waals surface area contributed by atoms with Gasteiger partial charge in [-0.25, -0.2) is 0 Å². The molecule has 4 aromatic rings. The van der Waals surface area contributed by atoms with E-state index in [1.54, 1.807) is 0 Å². The van der Waals surface area contributed by atoms with Crippen molar-refractivity contribution in [3.63, 3.8) is 0 Å². The highest BCUT2D eigenvalue weighted by Crippen LogP contribution is 2.51. The highest BCUT2D eigenvalue weighted by atomic mass is 16.5. The molecule has 0 aliphatic carbocycles.